The second kappa shape index (κ2) is 8.89. The summed E-state index contributed by atoms with van der Waals surface area (Å²) in [5, 5.41) is 2.82. The summed E-state index contributed by atoms with van der Waals surface area (Å²) in [6, 6.07) is 9.14. The predicted molar refractivity (Wildman–Crippen MR) is 118 cm³/mol. The Labute approximate surface area is 180 Å². The average Bonchev–Trinajstić information content (AvgIpc) is 2.75. The van der Waals surface area contributed by atoms with Crippen LogP contribution in [0.3, 0.4) is 0 Å². The zero-order valence-electron chi connectivity index (χ0n) is 17.5. The number of nitrogens with one attached hydrogen (secondary N) is 2. The molecule has 1 aromatic heterocycles. The number of rotatable bonds is 7. The van der Waals surface area contributed by atoms with Crippen LogP contribution in [0.15, 0.2) is 58.4 Å². The number of fused-ring (bicyclic) bond motifs is 1. The molecular formula is C22H24FN3O4S. The molecule has 0 aliphatic heterocycles. The van der Waals surface area contributed by atoms with Gasteiger partial charge in [-0.3, -0.25) is 13.9 Å². The second-order valence-electron chi connectivity index (χ2n) is 7.17. The molecule has 0 aliphatic rings. The molecule has 9 heteroatoms. The van der Waals surface area contributed by atoms with Crippen LogP contribution in [0.4, 0.5) is 10.1 Å². The van der Waals surface area contributed by atoms with Crippen LogP contribution in [-0.4, -0.2) is 31.9 Å². The molecule has 0 spiro atoms. The van der Waals surface area contributed by atoms with Gasteiger partial charge in [-0.1, -0.05) is 6.92 Å². The van der Waals surface area contributed by atoms with E-state index in [1.807, 2.05) is 13.8 Å². The van der Waals surface area contributed by atoms with Gasteiger partial charge in [0.15, 0.2) is 0 Å². The Morgan fingerprint density at radius 2 is 1.84 bits per heavy atom. The number of benzene rings is 2. The summed E-state index contributed by atoms with van der Waals surface area (Å²) in [6.07, 6.45) is 2.03. The van der Waals surface area contributed by atoms with Crippen molar-refractivity contribution in [3.05, 3.63) is 70.3 Å². The molecule has 0 aliphatic carbocycles. The highest BCUT2D eigenvalue weighted by Gasteiger charge is 2.25. The number of hydrogen-bond donors (Lipinski definition) is 2. The Morgan fingerprint density at radius 3 is 2.45 bits per heavy atom. The van der Waals surface area contributed by atoms with Gasteiger partial charge in [-0.15, -0.1) is 0 Å². The number of pyridine rings is 1. The maximum Gasteiger partial charge on any atom is 0.264 e. The van der Waals surface area contributed by atoms with E-state index >= 15 is 0 Å². The highest BCUT2D eigenvalue weighted by Crippen LogP contribution is 2.25. The SMILES string of the molecule is CCC(C)NC(=O)c1c[nH]c2ccc(S(=O)(=O)N(CC)c3ccc(F)cc3)cc2c1=O. The maximum atomic E-state index is 13.3. The van der Waals surface area contributed by atoms with E-state index in [2.05, 4.69) is 10.3 Å². The lowest BCUT2D eigenvalue weighted by molar-refractivity contribution is 0.0938. The Bertz CT molecular complexity index is 1270. The highest BCUT2D eigenvalue weighted by molar-refractivity contribution is 7.92. The van der Waals surface area contributed by atoms with Gasteiger partial charge in [-0.25, -0.2) is 12.8 Å². The first-order valence-corrected chi connectivity index (χ1v) is 11.4. The van der Waals surface area contributed by atoms with E-state index in [0.29, 0.717) is 17.6 Å². The average molecular weight is 446 g/mol. The number of anilines is 1. The van der Waals surface area contributed by atoms with Gasteiger partial charge in [-0.05, 0) is 62.7 Å². The molecule has 7 nitrogen and oxygen atoms in total. The Hall–Kier alpha value is -3.20. The summed E-state index contributed by atoms with van der Waals surface area (Å²) >= 11 is 0. The monoisotopic (exact) mass is 445 g/mol. The molecule has 0 bridgehead atoms. The van der Waals surface area contributed by atoms with Crippen LogP contribution in [0, 0.1) is 5.82 Å². The number of sulfonamides is 1. The Morgan fingerprint density at radius 1 is 1.16 bits per heavy atom. The van der Waals surface area contributed by atoms with Crippen LogP contribution in [0.1, 0.15) is 37.6 Å². The normalized spacial score (nSPS) is 12.5. The molecule has 0 radical (unpaired) electrons. The number of carbonyl (C=O) groups is 1. The van der Waals surface area contributed by atoms with E-state index in [1.165, 1.54) is 48.7 Å². The number of hydrogen-bond acceptors (Lipinski definition) is 4. The molecule has 3 rings (SSSR count). The summed E-state index contributed by atoms with van der Waals surface area (Å²) in [6.45, 7) is 5.51. The van der Waals surface area contributed by atoms with Crippen molar-refractivity contribution in [2.75, 3.05) is 10.8 Å². The summed E-state index contributed by atoms with van der Waals surface area (Å²) in [5.41, 5.74) is 0.0677. The molecule has 1 atom stereocenters. The van der Waals surface area contributed by atoms with E-state index in [0.717, 1.165) is 4.31 Å². The van der Waals surface area contributed by atoms with Crippen molar-refractivity contribution in [3.63, 3.8) is 0 Å². The van der Waals surface area contributed by atoms with Crippen LogP contribution < -0.4 is 15.1 Å². The summed E-state index contributed by atoms with van der Waals surface area (Å²) in [7, 11) is -4.02. The molecule has 0 fully saturated rings. The van der Waals surface area contributed by atoms with Gasteiger partial charge in [0.25, 0.3) is 15.9 Å². The highest BCUT2D eigenvalue weighted by atomic mass is 32.2. The number of carbonyl (C=O) groups excluding carboxylic acids is 1. The number of aromatic amines is 1. The molecule has 1 heterocycles. The van der Waals surface area contributed by atoms with E-state index < -0.39 is 27.2 Å². The van der Waals surface area contributed by atoms with Crippen molar-refractivity contribution < 1.29 is 17.6 Å². The van der Waals surface area contributed by atoms with Gasteiger partial charge in [-0.2, -0.15) is 0 Å². The largest absolute Gasteiger partial charge is 0.360 e. The van der Waals surface area contributed by atoms with Gasteiger partial charge in [0.1, 0.15) is 11.4 Å². The minimum atomic E-state index is -4.02. The van der Waals surface area contributed by atoms with Gasteiger partial charge in [0, 0.05) is 29.7 Å². The fraction of sp³-hybridized carbons (Fsp3) is 0.273. The third-order valence-electron chi connectivity index (χ3n) is 5.08. The zero-order valence-corrected chi connectivity index (χ0v) is 18.3. The number of H-pyrrole nitrogens is 1. The second-order valence-corrected chi connectivity index (χ2v) is 9.03. The number of halogens is 1. The van der Waals surface area contributed by atoms with Crippen molar-refractivity contribution in [3.8, 4) is 0 Å². The Balaban J connectivity index is 2.08. The first-order chi connectivity index (χ1) is 14.7. The zero-order chi connectivity index (χ0) is 22.8. The first kappa shape index (κ1) is 22.5. The standard InChI is InChI=1S/C22H24FN3O4S/c1-4-14(3)25-22(28)19-13-24-20-11-10-17(12-18(20)21(19)27)31(29,30)26(5-2)16-8-6-15(23)7-9-16/h6-14H,4-5H2,1-3H3,(H,24,27)(H,25,28). The van der Waals surface area contributed by atoms with Gasteiger partial charge in [0.05, 0.1) is 10.6 Å². The fourth-order valence-corrected chi connectivity index (χ4v) is 4.66. The van der Waals surface area contributed by atoms with Crippen LogP contribution in [0.5, 0.6) is 0 Å². The minimum Gasteiger partial charge on any atom is -0.360 e. The molecule has 1 unspecified atom stereocenters. The van der Waals surface area contributed by atoms with E-state index in [4.69, 9.17) is 0 Å². The van der Waals surface area contributed by atoms with Crippen molar-refractivity contribution in [1.29, 1.82) is 0 Å². The predicted octanol–water partition coefficient (Wildman–Crippen LogP) is 3.41. The van der Waals surface area contributed by atoms with Crippen molar-refractivity contribution in [1.82, 2.24) is 10.3 Å². The lowest BCUT2D eigenvalue weighted by atomic mass is 10.1. The molecule has 0 saturated carbocycles. The summed E-state index contributed by atoms with van der Waals surface area (Å²) in [4.78, 5) is 28.2. The third kappa shape index (κ3) is 4.46. The van der Waals surface area contributed by atoms with Gasteiger partial charge >= 0.3 is 0 Å². The van der Waals surface area contributed by atoms with Gasteiger partial charge < -0.3 is 10.3 Å². The quantitative estimate of drug-likeness (QED) is 0.582. The van der Waals surface area contributed by atoms with Crippen LogP contribution >= 0.6 is 0 Å². The molecule has 164 valence electrons. The molecule has 1 amide bonds. The number of amides is 1. The molecule has 2 N–H and O–H groups in total. The van der Waals surface area contributed by atoms with Crippen molar-refractivity contribution in [2.45, 2.75) is 38.1 Å². The van der Waals surface area contributed by atoms with E-state index in [9.17, 15) is 22.4 Å². The van der Waals surface area contributed by atoms with Crippen LogP contribution in [0.2, 0.25) is 0 Å². The maximum absolute atomic E-state index is 13.3. The van der Waals surface area contributed by atoms with Crippen molar-refractivity contribution >= 4 is 32.5 Å². The molecular weight excluding hydrogens is 421 g/mol. The summed E-state index contributed by atoms with van der Waals surface area (Å²) < 4.78 is 40.9. The van der Waals surface area contributed by atoms with Crippen LogP contribution in [0.25, 0.3) is 10.9 Å². The lowest BCUT2D eigenvalue weighted by Gasteiger charge is -2.23. The minimum absolute atomic E-state index is 0.0896. The third-order valence-corrected chi connectivity index (χ3v) is 6.98. The van der Waals surface area contributed by atoms with E-state index in [1.54, 1.807) is 6.92 Å². The van der Waals surface area contributed by atoms with E-state index in [-0.39, 0.29) is 28.4 Å². The number of nitrogens with zero attached hydrogens (tertiary/aromatic N) is 1. The number of aromatic nitrogens is 1. The summed E-state index contributed by atoms with van der Waals surface area (Å²) in [5.74, 6) is -0.995. The first-order valence-electron chi connectivity index (χ1n) is 9.93. The molecule has 2 aromatic carbocycles. The molecule has 0 saturated heterocycles. The smallest absolute Gasteiger partial charge is 0.264 e. The Kier molecular flexibility index (Phi) is 6.45. The van der Waals surface area contributed by atoms with Gasteiger partial charge in [0.2, 0.25) is 5.43 Å². The van der Waals surface area contributed by atoms with Crippen molar-refractivity contribution in [2.24, 2.45) is 0 Å². The topological polar surface area (TPSA) is 99.3 Å². The van der Waals surface area contributed by atoms with Crippen LogP contribution in [-0.2, 0) is 10.0 Å². The molecule has 31 heavy (non-hydrogen) atoms. The molecule has 3 aromatic rings. The fourth-order valence-electron chi connectivity index (χ4n) is 3.16. The lowest BCUT2D eigenvalue weighted by Crippen LogP contribution is -2.35.